The molecule has 5 rings (SSSR count). The molecule has 146 valence electrons. The Hall–Kier alpha value is -1.72. The number of aryl methyl sites for hydroxylation is 1. The summed E-state index contributed by atoms with van der Waals surface area (Å²) in [7, 11) is 0. The Morgan fingerprint density at radius 1 is 1.11 bits per heavy atom. The van der Waals surface area contributed by atoms with Crippen LogP contribution in [0.5, 0.6) is 0 Å². The summed E-state index contributed by atoms with van der Waals surface area (Å²) in [6.45, 7) is 2.15. The lowest BCUT2D eigenvalue weighted by Gasteiger charge is -2.33. The average molecular weight is 395 g/mol. The minimum Gasteiger partial charge on any atom is -0.394 e. The summed E-state index contributed by atoms with van der Waals surface area (Å²) in [6, 6.07) is 17.6. The standard InChI is InChI=1S/C24H26O3S/c1-15-6-7-16(21-13-18(26)12-19(14-25)27-21)10-20(15)24(8-9-24)23-11-17-4-2-3-5-22(17)28-23/h2-7,10-11,18-19,21,25-26H,8-9,12-14H2,1H3. The van der Waals surface area contributed by atoms with E-state index in [1.165, 1.54) is 38.9 Å². The Balaban J connectivity index is 1.52. The number of benzene rings is 2. The zero-order chi connectivity index (χ0) is 19.3. The lowest BCUT2D eigenvalue weighted by molar-refractivity contribution is -0.113. The fourth-order valence-corrected chi connectivity index (χ4v) is 5.99. The van der Waals surface area contributed by atoms with Crippen molar-refractivity contribution in [1.29, 1.82) is 0 Å². The molecule has 2 N–H and O–H groups in total. The Morgan fingerprint density at radius 3 is 2.68 bits per heavy atom. The van der Waals surface area contributed by atoms with E-state index in [1.54, 1.807) is 0 Å². The number of ether oxygens (including phenoxy) is 1. The van der Waals surface area contributed by atoms with E-state index in [9.17, 15) is 10.2 Å². The summed E-state index contributed by atoms with van der Waals surface area (Å²) in [6.07, 6.45) is 2.61. The van der Waals surface area contributed by atoms with E-state index in [1.807, 2.05) is 11.3 Å². The highest BCUT2D eigenvalue weighted by atomic mass is 32.1. The lowest BCUT2D eigenvalue weighted by atomic mass is 9.86. The fraction of sp³-hybridized carbons (Fsp3) is 0.417. The zero-order valence-electron chi connectivity index (χ0n) is 16.1. The fourth-order valence-electron chi connectivity index (χ4n) is 4.67. The van der Waals surface area contributed by atoms with E-state index in [4.69, 9.17) is 4.74 Å². The van der Waals surface area contributed by atoms with E-state index < -0.39 is 6.10 Å². The Kier molecular flexibility index (Phi) is 4.55. The molecule has 2 aromatic carbocycles. The molecule has 3 atom stereocenters. The SMILES string of the molecule is Cc1ccc(C2CC(O)CC(CO)O2)cc1C1(c2cc3ccccc3s2)CC1. The zero-order valence-corrected chi connectivity index (χ0v) is 16.9. The monoisotopic (exact) mass is 394 g/mol. The number of hydrogen-bond donors (Lipinski definition) is 2. The van der Waals surface area contributed by atoms with Gasteiger partial charge in [0.15, 0.2) is 0 Å². The second-order valence-corrected chi connectivity index (χ2v) is 9.44. The third-order valence-electron chi connectivity index (χ3n) is 6.38. The van der Waals surface area contributed by atoms with Gasteiger partial charge in [-0.3, -0.25) is 0 Å². The van der Waals surface area contributed by atoms with Crippen molar-refractivity contribution < 1.29 is 14.9 Å². The van der Waals surface area contributed by atoms with Gasteiger partial charge in [-0.2, -0.15) is 0 Å². The van der Waals surface area contributed by atoms with Crippen molar-refractivity contribution in [3.8, 4) is 0 Å². The van der Waals surface area contributed by atoms with Crippen LogP contribution < -0.4 is 0 Å². The molecule has 2 heterocycles. The molecular formula is C24H26O3S. The molecule has 1 aliphatic carbocycles. The van der Waals surface area contributed by atoms with Crippen LogP contribution in [0.15, 0.2) is 48.5 Å². The molecule has 0 radical (unpaired) electrons. The van der Waals surface area contributed by atoms with Crippen molar-refractivity contribution in [2.45, 2.75) is 56.3 Å². The van der Waals surface area contributed by atoms with Crippen LogP contribution in [0, 0.1) is 6.92 Å². The van der Waals surface area contributed by atoms with Crippen molar-refractivity contribution in [2.24, 2.45) is 0 Å². The number of aliphatic hydroxyl groups excluding tert-OH is 2. The number of aliphatic hydroxyl groups is 2. The highest BCUT2D eigenvalue weighted by molar-refractivity contribution is 7.19. The van der Waals surface area contributed by atoms with Gasteiger partial charge in [0, 0.05) is 27.8 Å². The van der Waals surface area contributed by atoms with Gasteiger partial charge >= 0.3 is 0 Å². The molecule has 0 bridgehead atoms. The molecule has 0 spiro atoms. The molecule has 2 aliphatic rings. The van der Waals surface area contributed by atoms with Crippen LogP contribution >= 0.6 is 11.3 Å². The normalized spacial score (nSPS) is 26.5. The predicted molar refractivity (Wildman–Crippen MR) is 113 cm³/mol. The summed E-state index contributed by atoms with van der Waals surface area (Å²) < 4.78 is 7.42. The first-order valence-corrected chi connectivity index (χ1v) is 11.0. The molecular weight excluding hydrogens is 368 g/mol. The number of thiophene rings is 1. The third-order valence-corrected chi connectivity index (χ3v) is 7.70. The van der Waals surface area contributed by atoms with E-state index in [0.717, 1.165) is 5.56 Å². The second-order valence-electron chi connectivity index (χ2n) is 8.36. The van der Waals surface area contributed by atoms with Crippen LogP contribution in [0.25, 0.3) is 10.1 Å². The van der Waals surface area contributed by atoms with Gasteiger partial charge in [0.2, 0.25) is 0 Å². The Labute approximate surface area is 169 Å². The van der Waals surface area contributed by atoms with E-state index >= 15 is 0 Å². The van der Waals surface area contributed by atoms with Gasteiger partial charge in [0.25, 0.3) is 0 Å². The molecule has 1 saturated heterocycles. The summed E-state index contributed by atoms with van der Waals surface area (Å²) in [5.41, 5.74) is 3.94. The van der Waals surface area contributed by atoms with Crippen LogP contribution in [0.3, 0.4) is 0 Å². The summed E-state index contributed by atoms with van der Waals surface area (Å²) in [5, 5.41) is 21.0. The first-order valence-electron chi connectivity index (χ1n) is 10.1. The van der Waals surface area contributed by atoms with Gasteiger partial charge in [-0.1, -0.05) is 36.4 Å². The Bertz CT molecular complexity index is 971. The minimum absolute atomic E-state index is 0.0437. The smallest absolute Gasteiger partial charge is 0.0854 e. The molecule has 1 aliphatic heterocycles. The maximum Gasteiger partial charge on any atom is 0.0854 e. The predicted octanol–water partition coefficient (Wildman–Crippen LogP) is 4.86. The molecule has 28 heavy (non-hydrogen) atoms. The highest BCUT2D eigenvalue weighted by Gasteiger charge is 2.48. The molecule has 2 fully saturated rings. The second kappa shape index (κ2) is 6.96. The maximum atomic E-state index is 10.2. The van der Waals surface area contributed by atoms with Gasteiger partial charge in [0.1, 0.15) is 0 Å². The number of rotatable bonds is 4. The van der Waals surface area contributed by atoms with Gasteiger partial charge in [-0.05, 0) is 54.0 Å². The van der Waals surface area contributed by atoms with Crippen LogP contribution in [-0.4, -0.2) is 29.0 Å². The number of fused-ring (bicyclic) bond motifs is 1. The molecule has 3 nitrogen and oxygen atoms in total. The minimum atomic E-state index is -0.418. The van der Waals surface area contributed by atoms with Gasteiger partial charge in [-0.25, -0.2) is 0 Å². The van der Waals surface area contributed by atoms with Crippen LogP contribution in [0.2, 0.25) is 0 Å². The molecule has 1 aromatic heterocycles. The van der Waals surface area contributed by atoms with Crippen LogP contribution in [-0.2, 0) is 10.2 Å². The van der Waals surface area contributed by atoms with Gasteiger partial charge < -0.3 is 14.9 Å². The first-order chi connectivity index (χ1) is 13.6. The lowest BCUT2D eigenvalue weighted by Crippen LogP contribution is -2.33. The topological polar surface area (TPSA) is 49.7 Å². The summed E-state index contributed by atoms with van der Waals surface area (Å²) in [4.78, 5) is 1.45. The Morgan fingerprint density at radius 2 is 1.93 bits per heavy atom. The molecule has 3 aromatic rings. The highest BCUT2D eigenvalue weighted by Crippen LogP contribution is 2.57. The van der Waals surface area contributed by atoms with Crippen molar-refractivity contribution in [3.05, 3.63) is 70.1 Å². The average Bonchev–Trinajstić information content (AvgIpc) is 3.39. The molecule has 4 heteroatoms. The summed E-state index contributed by atoms with van der Waals surface area (Å²) in [5.74, 6) is 0. The van der Waals surface area contributed by atoms with E-state index in [2.05, 4.69) is 55.5 Å². The molecule has 3 unspecified atom stereocenters. The first kappa shape index (κ1) is 18.3. The van der Waals surface area contributed by atoms with E-state index in [0.29, 0.717) is 12.8 Å². The van der Waals surface area contributed by atoms with Crippen LogP contribution in [0.4, 0.5) is 0 Å². The molecule has 0 amide bonds. The maximum absolute atomic E-state index is 10.2. The van der Waals surface area contributed by atoms with Crippen molar-refractivity contribution in [2.75, 3.05) is 6.61 Å². The van der Waals surface area contributed by atoms with Gasteiger partial charge in [-0.15, -0.1) is 11.3 Å². The van der Waals surface area contributed by atoms with Crippen LogP contribution in [0.1, 0.15) is 53.4 Å². The quantitative estimate of drug-likeness (QED) is 0.664. The van der Waals surface area contributed by atoms with Crippen molar-refractivity contribution in [3.63, 3.8) is 0 Å². The largest absolute Gasteiger partial charge is 0.394 e. The molecule has 1 saturated carbocycles. The van der Waals surface area contributed by atoms with E-state index in [-0.39, 0.29) is 24.2 Å². The third kappa shape index (κ3) is 3.09. The van der Waals surface area contributed by atoms with Crippen molar-refractivity contribution in [1.82, 2.24) is 0 Å². The van der Waals surface area contributed by atoms with Crippen molar-refractivity contribution >= 4 is 21.4 Å². The number of hydrogen-bond acceptors (Lipinski definition) is 4. The van der Waals surface area contributed by atoms with Gasteiger partial charge in [0.05, 0.1) is 24.9 Å². The summed E-state index contributed by atoms with van der Waals surface area (Å²) >= 11 is 1.91.